The van der Waals surface area contributed by atoms with E-state index >= 15 is 0 Å². The molecule has 0 amide bonds. The topological polar surface area (TPSA) is 40.5 Å². The highest BCUT2D eigenvalue weighted by atomic mass is 16.4. The summed E-state index contributed by atoms with van der Waals surface area (Å²) in [7, 11) is 0. The Morgan fingerprint density at radius 3 is 2.26 bits per heavy atom. The molecule has 19 heavy (non-hydrogen) atoms. The average molecular weight is 265 g/mol. The first kappa shape index (κ1) is 13.4. The summed E-state index contributed by atoms with van der Waals surface area (Å²) in [4.78, 5) is 13.6. The summed E-state index contributed by atoms with van der Waals surface area (Å²) in [5.41, 5.74) is 0.691. The molecule has 0 aromatic carbocycles. The van der Waals surface area contributed by atoms with E-state index in [1.54, 1.807) is 0 Å². The maximum absolute atomic E-state index is 10.9. The van der Waals surface area contributed by atoms with Crippen LogP contribution < -0.4 is 0 Å². The zero-order valence-electron chi connectivity index (χ0n) is 11.9. The van der Waals surface area contributed by atoms with E-state index < -0.39 is 5.97 Å². The summed E-state index contributed by atoms with van der Waals surface area (Å²) in [6.45, 7) is 3.88. The van der Waals surface area contributed by atoms with Crippen molar-refractivity contribution in [1.29, 1.82) is 0 Å². The van der Waals surface area contributed by atoms with Crippen LogP contribution in [-0.2, 0) is 4.79 Å². The third-order valence-electron chi connectivity index (χ3n) is 5.74. The second-order valence-electron chi connectivity index (χ2n) is 7.29. The maximum Gasteiger partial charge on any atom is 0.306 e. The lowest BCUT2D eigenvalue weighted by atomic mass is 9.68. The molecule has 0 bridgehead atoms. The Kier molecular flexibility index (Phi) is 3.84. The van der Waals surface area contributed by atoms with Gasteiger partial charge in [-0.05, 0) is 49.9 Å². The average Bonchev–Trinajstić information content (AvgIpc) is 2.39. The molecule has 0 aromatic heterocycles. The molecular weight excluding hydrogens is 238 g/mol. The van der Waals surface area contributed by atoms with Gasteiger partial charge in [-0.1, -0.05) is 19.3 Å². The highest BCUT2D eigenvalue weighted by molar-refractivity contribution is 5.69. The molecule has 0 unspecified atom stereocenters. The van der Waals surface area contributed by atoms with Crippen LogP contribution in [0, 0.1) is 17.3 Å². The Morgan fingerprint density at radius 1 is 1.05 bits per heavy atom. The lowest BCUT2D eigenvalue weighted by Gasteiger charge is -2.53. The van der Waals surface area contributed by atoms with Gasteiger partial charge in [0.2, 0.25) is 0 Å². The van der Waals surface area contributed by atoms with Crippen LogP contribution >= 0.6 is 0 Å². The van der Waals surface area contributed by atoms with Crippen molar-refractivity contribution in [3.8, 4) is 0 Å². The van der Waals surface area contributed by atoms with Gasteiger partial charge in [0.1, 0.15) is 0 Å². The fourth-order valence-electron chi connectivity index (χ4n) is 4.61. The highest BCUT2D eigenvalue weighted by Crippen LogP contribution is 2.44. The van der Waals surface area contributed by atoms with E-state index in [9.17, 15) is 4.79 Å². The normalized spacial score (nSPS) is 34.9. The summed E-state index contributed by atoms with van der Waals surface area (Å²) in [6, 6.07) is 0. The zero-order chi connectivity index (χ0) is 13.3. The van der Waals surface area contributed by atoms with Crippen molar-refractivity contribution in [2.75, 3.05) is 19.6 Å². The maximum atomic E-state index is 10.9. The summed E-state index contributed by atoms with van der Waals surface area (Å²) in [5.74, 6) is 0.123. The monoisotopic (exact) mass is 265 g/mol. The lowest BCUT2D eigenvalue weighted by molar-refractivity contribution is -0.143. The van der Waals surface area contributed by atoms with Crippen molar-refractivity contribution in [3.05, 3.63) is 0 Å². The second kappa shape index (κ2) is 5.43. The third kappa shape index (κ3) is 2.96. The zero-order valence-corrected chi connectivity index (χ0v) is 11.9. The Bertz CT molecular complexity index is 320. The lowest BCUT2D eigenvalue weighted by Crippen LogP contribution is -2.58. The molecule has 2 aliphatic carbocycles. The van der Waals surface area contributed by atoms with Gasteiger partial charge in [-0.25, -0.2) is 0 Å². The molecule has 1 heterocycles. The van der Waals surface area contributed by atoms with Crippen LogP contribution in [0.15, 0.2) is 0 Å². The van der Waals surface area contributed by atoms with Crippen LogP contribution in [0.25, 0.3) is 0 Å². The number of carbonyl (C=O) groups is 1. The van der Waals surface area contributed by atoms with Crippen molar-refractivity contribution in [1.82, 2.24) is 4.90 Å². The van der Waals surface area contributed by atoms with Crippen molar-refractivity contribution in [2.24, 2.45) is 17.3 Å². The van der Waals surface area contributed by atoms with E-state index in [0.717, 1.165) is 31.6 Å². The predicted octanol–water partition coefficient (Wildman–Crippen LogP) is 3.14. The van der Waals surface area contributed by atoms with E-state index in [4.69, 9.17) is 5.11 Å². The number of aliphatic carboxylic acids is 1. The Morgan fingerprint density at radius 2 is 1.68 bits per heavy atom. The van der Waals surface area contributed by atoms with Crippen molar-refractivity contribution in [2.45, 2.75) is 57.8 Å². The molecule has 1 saturated heterocycles. The van der Waals surface area contributed by atoms with E-state index in [2.05, 4.69) is 4.90 Å². The van der Waals surface area contributed by atoms with Crippen LogP contribution in [0.1, 0.15) is 57.8 Å². The Labute approximate surface area is 116 Å². The van der Waals surface area contributed by atoms with Gasteiger partial charge in [0.25, 0.3) is 0 Å². The SMILES string of the molecule is O=C(O)C1CCC(CN2CC3(CCCCC3)C2)CC1. The van der Waals surface area contributed by atoms with Gasteiger partial charge < -0.3 is 10.0 Å². The molecule has 2 saturated carbocycles. The van der Waals surface area contributed by atoms with Crippen LogP contribution in [0.4, 0.5) is 0 Å². The molecule has 0 atom stereocenters. The Balaban J connectivity index is 1.39. The third-order valence-corrected chi connectivity index (χ3v) is 5.74. The van der Waals surface area contributed by atoms with Gasteiger partial charge in [0, 0.05) is 19.6 Å². The first-order valence-corrected chi connectivity index (χ1v) is 8.12. The van der Waals surface area contributed by atoms with Gasteiger partial charge in [-0.2, -0.15) is 0 Å². The minimum atomic E-state index is -0.580. The van der Waals surface area contributed by atoms with Crippen molar-refractivity contribution < 1.29 is 9.90 Å². The van der Waals surface area contributed by atoms with E-state index in [1.807, 2.05) is 0 Å². The van der Waals surface area contributed by atoms with E-state index in [1.165, 1.54) is 51.7 Å². The van der Waals surface area contributed by atoms with Gasteiger partial charge in [0.05, 0.1) is 5.92 Å². The number of hydrogen-bond donors (Lipinski definition) is 1. The molecule has 3 aliphatic rings. The number of carboxylic acid groups (broad SMARTS) is 1. The molecular formula is C16H27NO2. The summed E-state index contributed by atoms with van der Waals surface area (Å²) in [6.07, 6.45) is 11.3. The first-order chi connectivity index (χ1) is 9.17. The fraction of sp³-hybridized carbons (Fsp3) is 0.938. The quantitative estimate of drug-likeness (QED) is 0.852. The van der Waals surface area contributed by atoms with Gasteiger partial charge in [0.15, 0.2) is 0 Å². The van der Waals surface area contributed by atoms with Crippen LogP contribution in [0.5, 0.6) is 0 Å². The van der Waals surface area contributed by atoms with E-state index in [0.29, 0.717) is 5.41 Å². The summed E-state index contributed by atoms with van der Waals surface area (Å²) in [5, 5.41) is 9.02. The molecule has 3 fully saturated rings. The number of hydrogen-bond acceptors (Lipinski definition) is 2. The first-order valence-electron chi connectivity index (χ1n) is 8.12. The summed E-state index contributed by atoms with van der Waals surface area (Å²) >= 11 is 0. The van der Waals surface area contributed by atoms with Crippen molar-refractivity contribution >= 4 is 5.97 Å². The minimum Gasteiger partial charge on any atom is -0.481 e. The van der Waals surface area contributed by atoms with Gasteiger partial charge in [-0.15, -0.1) is 0 Å². The molecule has 1 N–H and O–H groups in total. The van der Waals surface area contributed by atoms with Crippen molar-refractivity contribution in [3.63, 3.8) is 0 Å². The molecule has 3 nitrogen and oxygen atoms in total. The molecule has 0 radical (unpaired) electrons. The van der Waals surface area contributed by atoms with Gasteiger partial charge in [-0.3, -0.25) is 4.79 Å². The fourth-order valence-corrected chi connectivity index (χ4v) is 4.61. The van der Waals surface area contributed by atoms with Crippen LogP contribution in [0.2, 0.25) is 0 Å². The number of carboxylic acids is 1. The Hall–Kier alpha value is -0.570. The molecule has 108 valence electrons. The minimum absolute atomic E-state index is 0.0580. The summed E-state index contributed by atoms with van der Waals surface area (Å²) < 4.78 is 0. The molecule has 1 aliphatic heterocycles. The smallest absolute Gasteiger partial charge is 0.306 e. The van der Waals surface area contributed by atoms with Gasteiger partial charge >= 0.3 is 5.97 Å². The van der Waals surface area contributed by atoms with E-state index in [-0.39, 0.29) is 5.92 Å². The molecule has 1 spiro atoms. The molecule has 3 rings (SSSR count). The number of nitrogens with zero attached hydrogens (tertiary/aromatic N) is 1. The molecule has 0 aromatic rings. The second-order valence-corrected chi connectivity index (χ2v) is 7.29. The molecule has 3 heteroatoms. The van der Waals surface area contributed by atoms with Crippen LogP contribution in [0.3, 0.4) is 0 Å². The standard InChI is InChI=1S/C16H27NO2/c18-15(19)14-6-4-13(5-7-14)10-17-11-16(12-17)8-2-1-3-9-16/h13-14H,1-12H2,(H,18,19). The predicted molar refractivity (Wildman–Crippen MR) is 75.0 cm³/mol. The largest absolute Gasteiger partial charge is 0.481 e. The highest BCUT2D eigenvalue weighted by Gasteiger charge is 2.43. The van der Waals surface area contributed by atoms with Crippen LogP contribution in [-0.4, -0.2) is 35.6 Å². The number of rotatable bonds is 3. The number of likely N-dealkylation sites (tertiary alicyclic amines) is 1.